The molecule has 3 saturated heterocycles. The Hall–Kier alpha value is -1.54. The fourth-order valence-electron chi connectivity index (χ4n) is 7.60. The van der Waals surface area contributed by atoms with E-state index in [1.54, 1.807) is 4.90 Å². The number of hydrogen-bond acceptors (Lipinski definition) is 17. The van der Waals surface area contributed by atoms with E-state index in [4.69, 9.17) is 18.9 Å². The van der Waals surface area contributed by atoms with Gasteiger partial charge in [-0.1, -0.05) is 13.3 Å². The van der Waals surface area contributed by atoms with Crippen molar-refractivity contribution in [1.29, 1.82) is 0 Å². The van der Waals surface area contributed by atoms with Crippen LogP contribution in [-0.2, 0) is 70.8 Å². The van der Waals surface area contributed by atoms with E-state index in [2.05, 4.69) is 22.9 Å². The Morgan fingerprint density at radius 2 is 1.15 bits per heavy atom. The molecule has 0 aromatic rings. The molecular formula is C40H72N4O17Y. The first-order valence-electron chi connectivity index (χ1n) is 21.8. The number of aliphatic hydroxyl groups excluding tert-OH is 9. The van der Waals surface area contributed by atoms with Crippen molar-refractivity contribution >= 4 is 23.6 Å². The number of carbonyl (C=O) groups excluding carboxylic acids is 4. The molecule has 3 rings (SSSR count). The summed E-state index contributed by atoms with van der Waals surface area (Å²) < 4.78 is 21.6. The molecule has 21 nitrogen and oxygen atoms in total. The number of aliphatic hydroxyl groups is 9. The van der Waals surface area contributed by atoms with E-state index in [0.717, 1.165) is 6.42 Å². The Labute approximate surface area is 388 Å². The van der Waals surface area contributed by atoms with Crippen molar-refractivity contribution in [3.63, 3.8) is 0 Å². The first-order chi connectivity index (χ1) is 29.2. The largest absolute Gasteiger partial charge is 0.394 e. The minimum Gasteiger partial charge on any atom is -0.394 e. The summed E-state index contributed by atoms with van der Waals surface area (Å²) in [5.74, 6) is -0.554. The van der Waals surface area contributed by atoms with E-state index in [1.807, 2.05) is 0 Å². The van der Waals surface area contributed by atoms with E-state index in [-0.39, 0.29) is 95.0 Å². The van der Waals surface area contributed by atoms with Crippen molar-refractivity contribution in [3.05, 3.63) is 0 Å². The van der Waals surface area contributed by atoms with E-state index in [9.17, 15) is 65.1 Å². The SMILES string of the molecule is C[C@@H]1C[C@@H](CO)N(C(=O)CCCCCNC(=O)[C@@H](CCCCNC(=O)CCCCOC2OC(CO)C(O)C(O)C2O)NC(=O)CCCCOC2OC(CO)C(O)C(O)C2O)C1.[Y]. The van der Waals surface area contributed by atoms with Crippen LogP contribution in [0.5, 0.6) is 0 Å². The van der Waals surface area contributed by atoms with Gasteiger partial charge >= 0.3 is 0 Å². The molecule has 22 heteroatoms. The molecule has 1 radical (unpaired) electrons. The minimum absolute atomic E-state index is 0. The average Bonchev–Trinajstić information content (AvgIpc) is 3.64. The molecular weight excluding hydrogens is 897 g/mol. The fourth-order valence-corrected chi connectivity index (χ4v) is 7.60. The number of carbonyl (C=O) groups is 4. The van der Waals surface area contributed by atoms with Crippen LogP contribution in [-0.4, -0.2) is 201 Å². The average molecular weight is 970 g/mol. The van der Waals surface area contributed by atoms with Gasteiger partial charge in [-0.2, -0.15) is 0 Å². The Morgan fingerprint density at radius 3 is 1.69 bits per heavy atom. The minimum atomic E-state index is -1.57. The molecule has 4 amide bonds. The van der Waals surface area contributed by atoms with Gasteiger partial charge < -0.3 is 85.8 Å². The van der Waals surface area contributed by atoms with Gasteiger partial charge in [0.15, 0.2) is 12.6 Å². The zero-order valence-electron chi connectivity index (χ0n) is 35.9. The van der Waals surface area contributed by atoms with Gasteiger partial charge in [0.05, 0.1) is 25.9 Å². The van der Waals surface area contributed by atoms with Crippen molar-refractivity contribution in [3.8, 4) is 0 Å². The van der Waals surface area contributed by atoms with Crippen LogP contribution in [0.4, 0.5) is 0 Å². The second-order valence-corrected chi connectivity index (χ2v) is 16.3. The molecule has 0 aromatic carbocycles. The maximum absolute atomic E-state index is 13.2. The quantitative estimate of drug-likeness (QED) is 0.0341. The van der Waals surface area contributed by atoms with Gasteiger partial charge in [0, 0.05) is 84.8 Å². The number of ether oxygens (including phenoxy) is 4. The normalized spacial score (nSPS) is 30.3. The van der Waals surface area contributed by atoms with E-state index < -0.39 is 80.7 Å². The summed E-state index contributed by atoms with van der Waals surface area (Å²) in [5, 5.41) is 96.6. The molecule has 357 valence electrons. The maximum Gasteiger partial charge on any atom is 0.242 e. The third-order valence-electron chi connectivity index (χ3n) is 11.3. The van der Waals surface area contributed by atoms with E-state index >= 15 is 0 Å². The number of unbranched alkanes of at least 4 members (excludes halogenated alkanes) is 5. The zero-order chi connectivity index (χ0) is 44.9. The standard InChI is InChI=1S/C40H72N4O17.Y/c1-24-19-25(21-45)44(20-24)31(50)14-3-2-7-16-42-38(57)26(43-30(49)13-6-10-18-59-40-37(56)35(54)33(52)28(23-47)61-40)11-4-8-15-41-29(48)12-5-9-17-58-39-36(55)34(53)32(51)27(22-46)60-39;/h24-28,32-37,39-40,45-47,51-56H,2-23H2,1H3,(H,41,48)(H,42,57)(H,43,49);/t24-,25+,26-,27?,28?,32?,33?,34?,35?,36?,37?,39?,40?;/m1./s1. The molecule has 62 heavy (non-hydrogen) atoms. The predicted octanol–water partition coefficient (Wildman–Crippen LogP) is -3.37. The Bertz CT molecular complexity index is 1310. The number of nitrogens with zero attached hydrogens (tertiary/aromatic N) is 1. The van der Waals surface area contributed by atoms with Crippen LogP contribution in [0.3, 0.4) is 0 Å². The van der Waals surface area contributed by atoms with Crippen LogP contribution in [0.2, 0.25) is 0 Å². The summed E-state index contributed by atoms with van der Waals surface area (Å²) in [7, 11) is 0. The molecule has 3 aliphatic heterocycles. The second kappa shape index (κ2) is 30.6. The van der Waals surface area contributed by atoms with Crippen molar-refractivity contribution in [2.24, 2.45) is 5.92 Å². The third-order valence-corrected chi connectivity index (χ3v) is 11.3. The van der Waals surface area contributed by atoms with Crippen LogP contribution in [0, 0.1) is 5.92 Å². The number of nitrogens with one attached hydrogen (secondary N) is 3. The fraction of sp³-hybridized carbons (Fsp3) is 0.900. The van der Waals surface area contributed by atoms with Gasteiger partial charge in [0.1, 0.15) is 54.9 Å². The summed E-state index contributed by atoms with van der Waals surface area (Å²) in [6.07, 6.45) is -7.49. The third kappa shape index (κ3) is 18.8. The molecule has 0 spiro atoms. The molecule has 0 aromatic heterocycles. The topological polar surface area (TPSA) is 327 Å². The number of rotatable bonds is 28. The van der Waals surface area contributed by atoms with Crippen LogP contribution in [0.1, 0.15) is 96.8 Å². The molecule has 0 aliphatic carbocycles. The predicted molar refractivity (Wildman–Crippen MR) is 214 cm³/mol. The van der Waals surface area contributed by atoms with E-state index in [0.29, 0.717) is 96.2 Å². The van der Waals surface area contributed by atoms with Gasteiger partial charge in [0.2, 0.25) is 23.6 Å². The van der Waals surface area contributed by atoms with E-state index in [1.165, 1.54) is 0 Å². The van der Waals surface area contributed by atoms with Gasteiger partial charge in [-0.05, 0) is 70.1 Å². The van der Waals surface area contributed by atoms with Crippen molar-refractivity contribution < 1.29 is 117 Å². The summed E-state index contributed by atoms with van der Waals surface area (Å²) >= 11 is 0. The molecule has 0 bridgehead atoms. The molecule has 12 N–H and O–H groups in total. The number of hydrogen-bond donors (Lipinski definition) is 12. The van der Waals surface area contributed by atoms with Gasteiger partial charge in [-0.25, -0.2) is 0 Å². The van der Waals surface area contributed by atoms with Crippen molar-refractivity contribution in [2.75, 3.05) is 52.7 Å². The van der Waals surface area contributed by atoms with Crippen LogP contribution in [0.15, 0.2) is 0 Å². The summed E-state index contributed by atoms with van der Waals surface area (Å²) in [6.45, 7) is 2.33. The first-order valence-corrected chi connectivity index (χ1v) is 21.8. The molecule has 3 aliphatic rings. The van der Waals surface area contributed by atoms with Gasteiger partial charge in [0.25, 0.3) is 0 Å². The van der Waals surface area contributed by atoms with Crippen molar-refractivity contribution in [2.45, 2.75) is 170 Å². The second-order valence-electron chi connectivity index (χ2n) is 16.3. The van der Waals surface area contributed by atoms with Crippen LogP contribution >= 0.6 is 0 Å². The molecule has 13 atom stereocenters. The molecule has 3 heterocycles. The van der Waals surface area contributed by atoms with Crippen LogP contribution < -0.4 is 16.0 Å². The number of likely N-dealkylation sites (tertiary alicyclic amines) is 1. The summed E-state index contributed by atoms with van der Waals surface area (Å²) in [6, 6.07) is -0.977. The maximum atomic E-state index is 13.2. The summed E-state index contributed by atoms with van der Waals surface area (Å²) in [4.78, 5) is 53.0. The molecule has 3 fully saturated rings. The Morgan fingerprint density at radius 1 is 0.629 bits per heavy atom. The Kier molecular flexibility index (Phi) is 28.0. The van der Waals surface area contributed by atoms with Crippen LogP contribution in [0.25, 0.3) is 0 Å². The monoisotopic (exact) mass is 969 g/mol. The number of amides is 4. The summed E-state index contributed by atoms with van der Waals surface area (Å²) in [5.41, 5.74) is 0. The Balaban J connectivity index is 0.0000132. The molecule has 0 saturated carbocycles. The van der Waals surface area contributed by atoms with Gasteiger partial charge in [-0.3, -0.25) is 19.2 Å². The smallest absolute Gasteiger partial charge is 0.242 e. The first kappa shape index (κ1) is 56.6. The van der Waals surface area contributed by atoms with Crippen molar-refractivity contribution in [1.82, 2.24) is 20.9 Å². The zero-order valence-corrected chi connectivity index (χ0v) is 38.7. The van der Waals surface area contributed by atoms with Gasteiger partial charge in [-0.15, -0.1) is 0 Å². The molecule has 10 unspecified atom stereocenters.